The highest BCUT2D eigenvalue weighted by Crippen LogP contribution is 2.58. The molecule has 0 atom stereocenters. The highest BCUT2D eigenvalue weighted by atomic mass is 16.5. The van der Waals surface area contributed by atoms with E-state index in [0.29, 0.717) is 0 Å². The minimum absolute atomic E-state index is 0.0318. The Morgan fingerprint density at radius 3 is 2.30 bits per heavy atom. The quantitative estimate of drug-likeness (QED) is 0.925. The molecule has 0 aromatic heterocycles. The molecule has 1 heterocycles. The van der Waals surface area contributed by atoms with Crippen molar-refractivity contribution in [2.75, 3.05) is 19.8 Å². The first-order chi connectivity index (χ1) is 9.80. The zero-order chi connectivity index (χ0) is 13.6. The molecule has 1 N–H and O–H groups in total. The lowest BCUT2D eigenvalue weighted by Crippen LogP contribution is -2.63. The van der Waals surface area contributed by atoms with Crippen LogP contribution in [0.4, 0.5) is 0 Å². The molecule has 104 valence electrons. The van der Waals surface area contributed by atoms with E-state index in [-0.39, 0.29) is 17.4 Å². The number of benzene rings is 2. The molecule has 2 heteroatoms. The highest BCUT2D eigenvalue weighted by molar-refractivity contribution is 5.83. The fourth-order valence-corrected chi connectivity index (χ4v) is 3.96. The molecule has 2 aliphatic rings. The molecule has 1 aliphatic carbocycles. The van der Waals surface area contributed by atoms with E-state index in [1.165, 1.54) is 22.8 Å². The molecule has 2 fully saturated rings. The minimum atomic E-state index is 0.0318. The lowest BCUT2D eigenvalue weighted by molar-refractivity contribution is -0.173. The Bertz CT molecular complexity index is 633. The predicted molar refractivity (Wildman–Crippen MR) is 79.8 cm³/mol. The molecule has 0 amide bonds. The molecular weight excluding hydrogens is 248 g/mol. The summed E-state index contributed by atoms with van der Waals surface area (Å²) in [6, 6.07) is 15.2. The average molecular weight is 268 g/mol. The van der Waals surface area contributed by atoms with Gasteiger partial charge in [-0.2, -0.15) is 0 Å². The van der Waals surface area contributed by atoms with Crippen LogP contribution in [0.25, 0.3) is 10.8 Å². The van der Waals surface area contributed by atoms with Crippen molar-refractivity contribution >= 4 is 10.8 Å². The van der Waals surface area contributed by atoms with E-state index in [4.69, 9.17) is 4.74 Å². The molecule has 1 saturated heterocycles. The van der Waals surface area contributed by atoms with Crippen LogP contribution in [0.5, 0.6) is 0 Å². The summed E-state index contributed by atoms with van der Waals surface area (Å²) in [4.78, 5) is 0. The zero-order valence-electron chi connectivity index (χ0n) is 11.6. The Balaban J connectivity index is 1.83. The second kappa shape index (κ2) is 4.31. The lowest BCUT2D eigenvalue weighted by Gasteiger charge is -2.59. The number of rotatable bonds is 3. The van der Waals surface area contributed by atoms with E-state index in [9.17, 15) is 5.11 Å². The van der Waals surface area contributed by atoms with Crippen LogP contribution in [-0.2, 0) is 10.2 Å². The maximum atomic E-state index is 9.96. The van der Waals surface area contributed by atoms with E-state index in [2.05, 4.69) is 42.5 Å². The molecule has 0 radical (unpaired) electrons. The molecule has 2 aromatic rings. The van der Waals surface area contributed by atoms with E-state index >= 15 is 0 Å². The summed E-state index contributed by atoms with van der Waals surface area (Å²) in [6.45, 7) is 1.79. The topological polar surface area (TPSA) is 29.5 Å². The molecule has 20 heavy (non-hydrogen) atoms. The van der Waals surface area contributed by atoms with Gasteiger partial charge in [0.2, 0.25) is 0 Å². The van der Waals surface area contributed by atoms with Crippen LogP contribution in [0.1, 0.15) is 24.8 Å². The second-order valence-corrected chi connectivity index (χ2v) is 6.43. The number of aliphatic hydroxyl groups excluding tert-OH is 1. The van der Waals surface area contributed by atoms with Crippen LogP contribution in [0.3, 0.4) is 0 Å². The van der Waals surface area contributed by atoms with Gasteiger partial charge in [0, 0.05) is 17.4 Å². The Kier molecular flexibility index (Phi) is 2.66. The van der Waals surface area contributed by atoms with Crippen molar-refractivity contribution in [3.8, 4) is 0 Å². The normalized spacial score (nSPS) is 23.1. The summed E-state index contributed by atoms with van der Waals surface area (Å²) in [5, 5.41) is 12.5. The van der Waals surface area contributed by atoms with E-state index in [1.807, 2.05) is 0 Å². The smallest absolute Gasteiger partial charge is 0.0591 e. The predicted octanol–water partition coefficient (Wildman–Crippen LogP) is 3.27. The van der Waals surface area contributed by atoms with Gasteiger partial charge < -0.3 is 9.84 Å². The third-order valence-electron chi connectivity index (χ3n) is 5.63. The summed E-state index contributed by atoms with van der Waals surface area (Å²) >= 11 is 0. The van der Waals surface area contributed by atoms with Crippen LogP contribution in [0.2, 0.25) is 0 Å². The van der Waals surface area contributed by atoms with Gasteiger partial charge >= 0.3 is 0 Å². The fraction of sp³-hybridized carbons (Fsp3) is 0.444. The van der Waals surface area contributed by atoms with Crippen molar-refractivity contribution in [1.82, 2.24) is 0 Å². The number of fused-ring (bicyclic) bond motifs is 1. The minimum Gasteiger partial charge on any atom is -0.396 e. The van der Waals surface area contributed by atoms with Crippen molar-refractivity contribution in [1.29, 1.82) is 0 Å². The number of ether oxygens (including phenoxy) is 1. The lowest BCUT2D eigenvalue weighted by atomic mass is 9.50. The van der Waals surface area contributed by atoms with Gasteiger partial charge in [-0.3, -0.25) is 0 Å². The van der Waals surface area contributed by atoms with Gasteiger partial charge in [-0.1, -0.05) is 48.9 Å². The van der Waals surface area contributed by atoms with Gasteiger partial charge in [0.15, 0.2) is 0 Å². The fourth-order valence-electron chi connectivity index (χ4n) is 3.96. The summed E-state index contributed by atoms with van der Waals surface area (Å²) in [6.07, 6.45) is 3.48. The number of hydrogen-bond acceptors (Lipinski definition) is 2. The average Bonchev–Trinajstić information content (AvgIpc) is 2.40. The van der Waals surface area contributed by atoms with Crippen molar-refractivity contribution in [3.63, 3.8) is 0 Å². The standard InChI is InChI=1S/C18H20O2/c19-11-17(8-3-9-17)18(12-20-13-18)16-7-6-14-4-1-2-5-15(14)10-16/h1-2,4-7,10,19H,3,8-9,11-13H2. The molecule has 2 nitrogen and oxygen atoms in total. The van der Waals surface area contributed by atoms with Crippen LogP contribution >= 0.6 is 0 Å². The van der Waals surface area contributed by atoms with Gasteiger partial charge in [0.1, 0.15) is 0 Å². The van der Waals surface area contributed by atoms with Crippen molar-refractivity contribution < 1.29 is 9.84 Å². The molecule has 0 bridgehead atoms. The van der Waals surface area contributed by atoms with Gasteiger partial charge in [-0.05, 0) is 29.2 Å². The third kappa shape index (κ3) is 1.46. The summed E-state index contributed by atoms with van der Waals surface area (Å²) in [5.74, 6) is 0. The monoisotopic (exact) mass is 268 g/mol. The van der Waals surface area contributed by atoms with Crippen molar-refractivity contribution in [2.24, 2.45) is 5.41 Å². The first-order valence-electron chi connectivity index (χ1n) is 7.48. The summed E-state index contributed by atoms with van der Waals surface area (Å²) < 4.78 is 5.58. The molecule has 0 spiro atoms. The largest absolute Gasteiger partial charge is 0.396 e. The Morgan fingerprint density at radius 2 is 1.75 bits per heavy atom. The maximum Gasteiger partial charge on any atom is 0.0591 e. The Labute approximate surface area is 119 Å². The Morgan fingerprint density at radius 1 is 1.00 bits per heavy atom. The first-order valence-corrected chi connectivity index (χ1v) is 7.48. The summed E-state index contributed by atoms with van der Waals surface area (Å²) in [7, 11) is 0. The van der Waals surface area contributed by atoms with Crippen molar-refractivity contribution in [3.05, 3.63) is 48.0 Å². The van der Waals surface area contributed by atoms with E-state index in [0.717, 1.165) is 26.1 Å². The number of aliphatic hydroxyl groups is 1. The van der Waals surface area contributed by atoms with Crippen LogP contribution in [-0.4, -0.2) is 24.9 Å². The molecule has 1 aliphatic heterocycles. The van der Waals surface area contributed by atoms with Crippen LogP contribution in [0, 0.1) is 5.41 Å². The van der Waals surface area contributed by atoms with E-state index < -0.39 is 0 Å². The maximum absolute atomic E-state index is 9.96. The van der Waals surface area contributed by atoms with Crippen LogP contribution in [0.15, 0.2) is 42.5 Å². The third-order valence-corrected chi connectivity index (χ3v) is 5.63. The van der Waals surface area contributed by atoms with Crippen molar-refractivity contribution in [2.45, 2.75) is 24.7 Å². The highest BCUT2D eigenvalue weighted by Gasteiger charge is 2.59. The molecule has 4 rings (SSSR count). The summed E-state index contributed by atoms with van der Waals surface area (Å²) in [5.41, 5.74) is 1.42. The SMILES string of the molecule is OCC1(C2(c3ccc4ccccc4c3)COC2)CCC1. The van der Waals surface area contributed by atoms with Gasteiger partial charge in [0.05, 0.1) is 13.2 Å². The van der Waals surface area contributed by atoms with Gasteiger partial charge in [-0.25, -0.2) is 0 Å². The van der Waals surface area contributed by atoms with Crippen LogP contribution < -0.4 is 0 Å². The first kappa shape index (κ1) is 12.4. The van der Waals surface area contributed by atoms with E-state index in [1.54, 1.807) is 0 Å². The molecule has 1 saturated carbocycles. The molecule has 0 unspecified atom stereocenters. The second-order valence-electron chi connectivity index (χ2n) is 6.43. The molecule has 2 aromatic carbocycles. The zero-order valence-corrected chi connectivity index (χ0v) is 11.6. The Hall–Kier alpha value is -1.38. The van der Waals surface area contributed by atoms with Gasteiger partial charge in [0.25, 0.3) is 0 Å². The molecular formula is C18H20O2. The van der Waals surface area contributed by atoms with Gasteiger partial charge in [-0.15, -0.1) is 0 Å². The number of hydrogen-bond donors (Lipinski definition) is 1.